The monoisotopic (exact) mass is 384 g/mol. The molecule has 0 spiro atoms. The van der Waals surface area contributed by atoms with Gasteiger partial charge in [-0.05, 0) is 43.5 Å². The summed E-state index contributed by atoms with van der Waals surface area (Å²) in [4.78, 5) is 0. The van der Waals surface area contributed by atoms with Crippen LogP contribution in [0.25, 0.3) is 31.4 Å². The topological polar surface area (TPSA) is 3.88 Å². The van der Waals surface area contributed by atoms with Crippen LogP contribution in [0.15, 0.2) is 48.7 Å². The third-order valence-electron chi connectivity index (χ3n) is 7.70. The first kappa shape index (κ1) is 16.7. The van der Waals surface area contributed by atoms with Gasteiger partial charge in [-0.3, -0.25) is 0 Å². The minimum atomic E-state index is 0.245. The van der Waals surface area contributed by atoms with Crippen LogP contribution in [-0.2, 0) is 11.0 Å². The summed E-state index contributed by atoms with van der Waals surface area (Å²) in [5, 5.41) is 2.80. The van der Waals surface area contributed by atoms with E-state index in [1.807, 2.05) is 11.3 Å². The van der Waals surface area contributed by atoms with Crippen molar-refractivity contribution in [2.75, 3.05) is 0 Å². The number of thiophene rings is 1. The quantitative estimate of drug-likeness (QED) is 0.335. The molecule has 4 aromatic rings. The van der Waals surface area contributed by atoms with Crippen molar-refractivity contribution in [3.8, 4) is 11.3 Å². The van der Waals surface area contributed by atoms with Gasteiger partial charge in [0, 0.05) is 34.4 Å². The molecular weight excluding hydrogens is 358 g/mol. The van der Waals surface area contributed by atoms with E-state index < -0.39 is 0 Å². The second-order valence-electron chi connectivity index (χ2n) is 8.88. The van der Waals surface area contributed by atoms with Crippen LogP contribution in [0.1, 0.15) is 49.8 Å². The molecule has 1 nitrogen and oxygen atoms in total. The van der Waals surface area contributed by atoms with Crippen molar-refractivity contribution < 1.29 is 4.57 Å². The molecule has 2 unspecified atom stereocenters. The Morgan fingerprint density at radius 3 is 2.61 bits per heavy atom. The van der Waals surface area contributed by atoms with E-state index in [1.165, 1.54) is 61.8 Å². The number of aromatic nitrogens is 1. The van der Waals surface area contributed by atoms with Crippen molar-refractivity contribution in [2.45, 2.75) is 57.9 Å². The number of benzene rings is 2. The Hall–Kier alpha value is -2.19. The van der Waals surface area contributed by atoms with Gasteiger partial charge in [0.05, 0.1) is 11.0 Å². The lowest BCUT2D eigenvalue weighted by molar-refractivity contribution is -0.734. The first-order valence-electron chi connectivity index (χ1n) is 10.5. The second-order valence-corrected chi connectivity index (χ2v) is 9.93. The van der Waals surface area contributed by atoms with Crippen molar-refractivity contribution >= 4 is 31.5 Å². The zero-order valence-corrected chi connectivity index (χ0v) is 17.9. The molecule has 2 atom stereocenters. The SMILES string of the molecule is CCC12CC1(CC)[n+]1ccc3c(sc4ccccc43)c1-c1cc(C)cc(C)c12. The number of hydrogen-bond acceptors (Lipinski definition) is 1. The summed E-state index contributed by atoms with van der Waals surface area (Å²) in [6, 6.07) is 16.1. The maximum Gasteiger partial charge on any atom is 0.231 e. The van der Waals surface area contributed by atoms with Crippen LogP contribution in [0.4, 0.5) is 0 Å². The van der Waals surface area contributed by atoms with Gasteiger partial charge in [0.2, 0.25) is 5.69 Å². The van der Waals surface area contributed by atoms with Crippen LogP contribution in [0, 0.1) is 13.8 Å². The van der Waals surface area contributed by atoms with Crippen LogP contribution in [-0.4, -0.2) is 0 Å². The van der Waals surface area contributed by atoms with Crippen molar-refractivity contribution in [3.05, 3.63) is 65.4 Å². The van der Waals surface area contributed by atoms with Gasteiger partial charge in [-0.2, -0.15) is 4.57 Å². The predicted molar refractivity (Wildman–Crippen MR) is 119 cm³/mol. The van der Waals surface area contributed by atoms with Gasteiger partial charge >= 0.3 is 0 Å². The molecule has 2 aromatic carbocycles. The average Bonchev–Trinajstić information content (AvgIpc) is 3.25. The molecule has 0 saturated heterocycles. The number of fused-ring (bicyclic) bond motifs is 10. The molecule has 6 rings (SSSR count). The maximum atomic E-state index is 2.68. The average molecular weight is 385 g/mol. The number of nitrogens with zero attached hydrogens (tertiary/aromatic N) is 1. The van der Waals surface area contributed by atoms with E-state index in [0.29, 0.717) is 5.41 Å². The van der Waals surface area contributed by atoms with Gasteiger partial charge in [0.25, 0.3) is 0 Å². The summed E-state index contributed by atoms with van der Waals surface area (Å²) in [6.45, 7) is 9.36. The Labute approximate surface area is 170 Å². The van der Waals surface area contributed by atoms with Crippen molar-refractivity contribution in [2.24, 2.45) is 0 Å². The summed E-state index contributed by atoms with van der Waals surface area (Å²) < 4.78 is 5.53. The van der Waals surface area contributed by atoms with E-state index >= 15 is 0 Å². The Morgan fingerprint density at radius 2 is 1.82 bits per heavy atom. The molecule has 2 aliphatic rings. The van der Waals surface area contributed by atoms with E-state index in [2.05, 4.69) is 80.9 Å². The van der Waals surface area contributed by atoms with Gasteiger partial charge in [0.15, 0.2) is 11.7 Å². The highest BCUT2D eigenvalue weighted by atomic mass is 32.1. The van der Waals surface area contributed by atoms with Gasteiger partial charge < -0.3 is 0 Å². The lowest BCUT2D eigenvalue weighted by atomic mass is 9.77. The van der Waals surface area contributed by atoms with E-state index in [4.69, 9.17) is 0 Å². The minimum absolute atomic E-state index is 0.245. The molecule has 2 heteroatoms. The van der Waals surface area contributed by atoms with E-state index in [1.54, 1.807) is 5.56 Å². The third-order valence-corrected chi connectivity index (χ3v) is 8.90. The summed E-state index contributed by atoms with van der Waals surface area (Å²) in [5.74, 6) is 0. The van der Waals surface area contributed by atoms with Crippen LogP contribution in [0.5, 0.6) is 0 Å². The molecule has 2 aromatic heterocycles. The fourth-order valence-electron chi connectivity index (χ4n) is 6.49. The maximum absolute atomic E-state index is 2.68. The number of hydrogen-bond donors (Lipinski definition) is 0. The molecule has 140 valence electrons. The van der Waals surface area contributed by atoms with Gasteiger partial charge in [-0.15, -0.1) is 11.3 Å². The summed E-state index contributed by atoms with van der Waals surface area (Å²) in [6.07, 6.45) is 6.09. The molecule has 0 amide bonds. The molecule has 0 radical (unpaired) electrons. The molecule has 28 heavy (non-hydrogen) atoms. The van der Waals surface area contributed by atoms with E-state index in [9.17, 15) is 0 Å². The Kier molecular flexibility index (Phi) is 3.13. The fraction of sp³-hybridized carbons (Fsp3) is 0.346. The molecule has 1 fully saturated rings. The summed E-state index contributed by atoms with van der Waals surface area (Å²) in [7, 11) is 0. The first-order valence-corrected chi connectivity index (χ1v) is 11.4. The molecule has 0 bridgehead atoms. The Morgan fingerprint density at radius 1 is 1.00 bits per heavy atom. The molecule has 1 aliphatic carbocycles. The summed E-state index contributed by atoms with van der Waals surface area (Å²) in [5.41, 5.74) is 7.98. The van der Waals surface area contributed by atoms with Crippen molar-refractivity contribution in [1.29, 1.82) is 0 Å². The van der Waals surface area contributed by atoms with Gasteiger partial charge in [-0.25, -0.2) is 0 Å². The predicted octanol–water partition coefficient (Wildman–Crippen LogP) is 6.80. The van der Waals surface area contributed by atoms with Crippen LogP contribution >= 0.6 is 11.3 Å². The fourth-order valence-corrected chi connectivity index (χ4v) is 7.74. The van der Waals surface area contributed by atoms with Gasteiger partial charge in [-0.1, -0.05) is 43.7 Å². The highest BCUT2D eigenvalue weighted by Crippen LogP contribution is 2.68. The smallest absolute Gasteiger partial charge is 0.191 e. The van der Waals surface area contributed by atoms with E-state index in [0.717, 1.165) is 0 Å². The number of pyridine rings is 1. The lowest BCUT2D eigenvalue weighted by Crippen LogP contribution is -2.54. The molecule has 1 aliphatic heterocycles. The normalized spacial score (nSPS) is 24.9. The highest BCUT2D eigenvalue weighted by Gasteiger charge is 2.77. The standard InChI is InChI=1S/C26H26NS/c1-5-25-15-26(25,6-2)27-12-11-19-18-9-7-8-10-21(18)28-24(19)23(27)20-14-16(3)13-17(4)22(20)25/h7-14H,5-6,15H2,1-4H3/q+1. The molecule has 3 heterocycles. The van der Waals surface area contributed by atoms with E-state index in [-0.39, 0.29) is 5.54 Å². The highest BCUT2D eigenvalue weighted by molar-refractivity contribution is 7.26. The van der Waals surface area contributed by atoms with Crippen LogP contribution in [0.2, 0.25) is 0 Å². The number of rotatable bonds is 2. The second kappa shape index (κ2) is 5.24. The zero-order valence-electron chi connectivity index (χ0n) is 17.1. The van der Waals surface area contributed by atoms with Crippen molar-refractivity contribution in [1.82, 2.24) is 0 Å². The largest absolute Gasteiger partial charge is 0.231 e. The molecular formula is C26H26NS+. The minimum Gasteiger partial charge on any atom is -0.191 e. The van der Waals surface area contributed by atoms with Gasteiger partial charge in [0.1, 0.15) is 4.70 Å². The number of aryl methyl sites for hydroxylation is 2. The van der Waals surface area contributed by atoms with Crippen molar-refractivity contribution in [3.63, 3.8) is 0 Å². The Balaban J connectivity index is 1.83. The zero-order chi connectivity index (χ0) is 19.3. The lowest BCUT2D eigenvalue weighted by Gasteiger charge is -2.30. The van der Waals surface area contributed by atoms with Crippen LogP contribution in [0.3, 0.4) is 0 Å². The Bertz CT molecular complexity index is 1300. The summed E-state index contributed by atoms with van der Waals surface area (Å²) >= 11 is 1.97. The third kappa shape index (κ3) is 1.72. The first-order chi connectivity index (χ1) is 13.6. The van der Waals surface area contributed by atoms with Crippen LogP contribution < -0.4 is 4.57 Å². The molecule has 0 N–H and O–H groups in total. The molecule has 1 saturated carbocycles.